The quantitative estimate of drug-likeness (QED) is 0.0145. The molecule has 12 atom stereocenters. The number of aromatic hydroxyl groups is 1. The average Bonchev–Trinajstić information content (AvgIpc) is 1.78. The van der Waals surface area contributed by atoms with E-state index in [4.69, 9.17) is 29.2 Å². The highest BCUT2D eigenvalue weighted by molar-refractivity contribution is 8.76. The number of unbranched alkanes of at least 4 members (excludes halogenated alkanes) is 2. The Morgan fingerprint density at radius 3 is 1.87 bits per heavy atom. The van der Waals surface area contributed by atoms with E-state index in [1.807, 2.05) is 48.6 Å². The summed E-state index contributed by atoms with van der Waals surface area (Å²) in [5.41, 5.74) is 1.79. The van der Waals surface area contributed by atoms with Crippen molar-refractivity contribution in [2.24, 2.45) is 47.3 Å². The van der Waals surface area contributed by atoms with Crippen LogP contribution < -0.4 is 26.6 Å². The summed E-state index contributed by atoms with van der Waals surface area (Å²) >= 11 is 1.28. The molecule has 658 valence electrons. The van der Waals surface area contributed by atoms with Crippen molar-refractivity contribution in [3.63, 3.8) is 0 Å². The van der Waals surface area contributed by atoms with E-state index in [-0.39, 0.29) is 166 Å². The van der Waals surface area contributed by atoms with Crippen molar-refractivity contribution < 1.29 is 126 Å². The summed E-state index contributed by atoms with van der Waals surface area (Å²) in [7, 11) is 3.93. The number of thiazole rings is 1. The highest BCUT2D eigenvalue weighted by Gasteiger charge is 2.41. The first-order valence-corrected chi connectivity index (χ1v) is 43.5. The molecule has 1 saturated heterocycles. The number of hydrogen-bond donors (Lipinski definition) is 11. The SMILES string of the molecule is CCCC(=O)OCC(C(=O)[C@@H](CC(=O)[C@H]1CCCCN1C)C(C)CC)[C@H](C[C@@H](C)c1nc(C(=O)N[C@@H](Cc2ccc(O)cc2)C[C@H](C)C(=O)NCC(=O)OCCSSC[C@H](NC(=O)[C@H](CC(=O)O)CC(=O)[C@H](CC(=O)O)NC(=O)Cc2ccc(CC(=O)NCCCC[C@H](CC(=O)CCCCC(=O)O)C(=O)O)cc2)C(=O)O)cs1)C(C)C.O=C=O. The number of ether oxygens (including phenoxy) is 2. The van der Waals surface area contributed by atoms with Crippen LogP contribution in [-0.4, -0.2) is 217 Å². The summed E-state index contributed by atoms with van der Waals surface area (Å²) in [5.74, 6) is -18.3. The molecule has 4 rings (SSSR count). The molecule has 11 N–H and O–H groups in total. The second kappa shape index (κ2) is 55.9. The summed E-state index contributed by atoms with van der Waals surface area (Å²) in [6, 6.07) is 8.21. The lowest BCUT2D eigenvalue weighted by Crippen LogP contribution is -2.48. The molecule has 119 heavy (non-hydrogen) atoms. The lowest BCUT2D eigenvalue weighted by atomic mass is 9.70. The van der Waals surface area contributed by atoms with E-state index in [0.29, 0.717) is 61.1 Å². The van der Waals surface area contributed by atoms with Crippen LogP contribution >= 0.6 is 32.9 Å². The molecule has 1 aromatic heterocycles. The molecule has 0 saturated carbocycles. The van der Waals surface area contributed by atoms with Gasteiger partial charge in [-0.05, 0) is 124 Å². The van der Waals surface area contributed by atoms with Crippen LogP contribution in [0.4, 0.5) is 0 Å². The summed E-state index contributed by atoms with van der Waals surface area (Å²) < 4.78 is 11.1. The summed E-state index contributed by atoms with van der Waals surface area (Å²) in [4.78, 5) is 229. The fourth-order valence-electron chi connectivity index (χ4n) is 13.8. The number of aromatic nitrogens is 1. The molecule has 33 nitrogen and oxygen atoms in total. The van der Waals surface area contributed by atoms with Gasteiger partial charge >= 0.3 is 47.9 Å². The van der Waals surface area contributed by atoms with Crippen LogP contribution in [0.1, 0.15) is 215 Å². The van der Waals surface area contributed by atoms with Crippen molar-refractivity contribution in [2.45, 2.75) is 226 Å². The highest BCUT2D eigenvalue weighted by Crippen LogP contribution is 2.39. The molecule has 5 amide bonds. The molecule has 0 aliphatic carbocycles. The Morgan fingerprint density at radius 1 is 0.639 bits per heavy atom. The van der Waals surface area contributed by atoms with Gasteiger partial charge in [0.15, 0.2) is 11.6 Å². The van der Waals surface area contributed by atoms with Crippen molar-refractivity contribution in [2.75, 3.05) is 51.4 Å². The van der Waals surface area contributed by atoms with Gasteiger partial charge in [0.25, 0.3) is 5.91 Å². The first-order valence-electron chi connectivity index (χ1n) is 40.1. The lowest BCUT2D eigenvalue weighted by molar-refractivity contribution is -0.192. The van der Waals surface area contributed by atoms with Gasteiger partial charge in [-0.1, -0.05) is 126 Å². The number of piperidine rings is 1. The van der Waals surface area contributed by atoms with Crippen LogP contribution in [0.25, 0.3) is 0 Å². The smallest absolute Gasteiger partial charge is 0.373 e. The number of phenols is 1. The molecule has 1 fully saturated rings. The van der Waals surface area contributed by atoms with Crippen LogP contribution in [0, 0.1) is 47.3 Å². The van der Waals surface area contributed by atoms with Gasteiger partial charge in [-0.3, -0.25) is 76.8 Å². The Morgan fingerprint density at radius 2 is 1.28 bits per heavy atom. The number of phenolic OH excluding ortho intramolecular Hbond substituents is 1. The number of likely N-dealkylation sites (tertiary alicyclic amines) is 1. The van der Waals surface area contributed by atoms with Gasteiger partial charge in [0.05, 0.1) is 60.5 Å². The van der Waals surface area contributed by atoms with Crippen molar-refractivity contribution >= 4 is 134 Å². The Balaban J connectivity index is 0.0000120. The number of carboxylic acid groups (broad SMARTS) is 5. The zero-order valence-corrected chi connectivity index (χ0v) is 71.3. The van der Waals surface area contributed by atoms with E-state index < -0.39 is 145 Å². The fourth-order valence-corrected chi connectivity index (χ4v) is 16.6. The van der Waals surface area contributed by atoms with Gasteiger partial charge in [0.2, 0.25) is 23.6 Å². The second-order valence-electron chi connectivity index (χ2n) is 30.5. The first-order chi connectivity index (χ1) is 56.4. The van der Waals surface area contributed by atoms with Gasteiger partial charge < -0.3 is 66.7 Å². The van der Waals surface area contributed by atoms with Gasteiger partial charge in [0.1, 0.15) is 48.8 Å². The Bertz CT molecular complexity index is 3890. The maximum absolute atomic E-state index is 15.0. The Hall–Kier alpha value is -9.77. The number of aliphatic carboxylic acids is 5. The number of Topliss-reactive ketones (excluding diaryl/α,β-unsaturated/α-hetero) is 4. The number of benzene rings is 2. The minimum absolute atomic E-state index is 0.0198. The number of hydrogen-bond acceptors (Lipinski definition) is 26. The zero-order chi connectivity index (χ0) is 88.8. The number of amides is 5. The summed E-state index contributed by atoms with van der Waals surface area (Å²) in [6.07, 6.45) is 3.49. The third-order valence-electron chi connectivity index (χ3n) is 20.6. The molecular formula is C83H117N7O26S3. The number of carbonyl (C=O) groups excluding carboxylic acids is 13. The maximum Gasteiger partial charge on any atom is 0.373 e. The van der Waals surface area contributed by atoms with Crippen LogP contribution in [0.15, 0.2) is 53.9 Å². The van der Waals surface area contributed by atoms with Crippen molar-refractivity contribution in [3.05, 3.63) is 81.3 Å². The second-order valence-corrected chi connectivity index (χ2v) is 34.0. The largest absolute Gasteiger partial charge is 0.508 e. The predicted octanol–water partition coefficient (Wildman–Crippen LogP) is 8.03. The predicted molar refractivity (Wildman–Crippen MR) is 438 cm³/mol. The topological polar surface area (TPSA) is 523 Å². The van der Waals surface area contributed by atoms with Crippen molar-refractivity contribution in [1.29, 1.82) is 0 Å². The molecule has 0 spiro atoms. The van der Waals surface area contributed by atoms with Crippen molar-refractivity contribution in [3.8, 4) is 5.75 Å². The zero-order valence-electron chi connectivity index (χ0n) is 68.9. The number of nitrogens with zero attached hydrogens (tertiary/aromatic N) is 2. The van der Waals surface area contributed by atoms with Crippen LogP contribution in [0.3, 0.4) is 0 Å². The van der Waals surface area contributed by atoms with Gasteiger partial charge in [-0.15, -0.1) is 11.3 Å². The minimum atomic E-state index is -1.74. The molecule has 2 heterocycles. The molecule has 0 radical (unpaired) electrons. The van der Waals surface area contributed by atoms with E-state index in [0.717, 1.165) is 53.0 Å². The molecule has 0 bridgehead atoms. The van der Waals surface area contributed by atoms with E-state index in [9.17, 15) is 97.5 Å². The number of carbonyl (C=O) groups is 16. The summed E-state index contributed by atoms with van der Waals surface area (Å²) in [6.45, 7) is 13.7. The number of nitrogens with one attached hydrogen (secondary N) is 5. The highest BCUT2D eigenvalue weighted by atomic mass is 33.1. The Labute approximate surface area is 704 Å². The molecular weight excluding hydrogens is 1610 g/mol. The normalized spacial score (nSPS) is 15.4. The Kier molecular flexibility index (Phi) is 48.6. The van der Waals surface area contributed by atoms with E-state index in [2.05, 4.69) is 31.5 Å². The van der Waals surface area contributed by atoms with Gasteiger partial charge in [-0.25, -0.2) is 9.78 Å². The molecule has 36 heteroatoms. The number of rotatable bonds is 59. The fraction of sp³-hybridized carbons (Fsp3) is 0.614. The minimum Gasteiger partial charge on any atom is -0.508 e. The number of ketones is 4. The molecule has 1 aliphatic heterocycles. The lowest BCUT2D eigenvalue weighted by Gasteiger charge is -2.36. The molecule has 2 unspecified atom stereocenters. The van der Waals surface area contributed by atoms with E-state index in [1.54, 1.807) is 36.6 Å². The van der Waals surface area contributed by atoms with Crippen LogP contribution in [-0.2, 0) is 110 Å². The number of carboxylic acids is 5. The molecule has 2 aromatic carbocycles. The van der Waals surface area contributed by atoms with Crippen LogP contribution in [0.5, 0.6) is 5.75 Å². The van der Waals surface area contributed by atoms with E-state index >= 15 is 4.79 Å². The standard InChI is InChI=1S/C82H117N7O24S3.CO2/c1-9-17-74(102)113-45-62(76(104)61(49(5)10-2)42-68(93)66-20-14-16-31-89(66)8)60(48(3)4)35-51(7)80-88-64(46-114-80)79(107)85-57(36-52-26-28-58(90)29-27-52)34-50(6)77(105)84-44-75(103)112-32-33-115-116-47-65(82(110)111)87-78(106)56(41-72(98)99)40-67(92)63(43-73(100)101)86-70(95)38-54-24-22-53(23-25-54)37-69(94)83-30-15-13-18-55(81(108)109)39-59(91)19-11-12-21-71(96)97;2-1-3/h22-29,46,48-51,55-57,60-63,65-66,90H,9-21,30-45,47H2,1-8H3,(H,83,94)(H,84,105)(H,85,107)(H,86,95)(H,87,106)(H,96,97)(H,98,99)(H,100,101)(H,108,109)(H,110,111);/t49?,50-,51+,55+,56-,57+,60+,61-,62?,63-,65-,66+;/m0./s1. The molecule has 1 aliphatic rings. The number of esters is 2. The van der Waals surface area contributed by atoms with Crippen LogP contribution in [0.2, 0.25) is 0 Å². The third kappa shape index (κ3) is 40.7. The van der Waals surface area contributed by atoms with Crippen molar-refractivity contribution in [1.82, 2.24) is 36.5 Å². The maximum atomic E-state index is 15.0. The van der Waals surface area contributed by atoms with Gasteiger partial charge in [0, 0.05) is 85.8 Å². The van der Waals surface area contributed by atoms with Gasteiger partial charge in [-0.2, -0.15) is 9.59 Å². The third-order valence-corrected chi connectivity index (χ3v) is 24.1. The molecule has 3 aromatic rings. The van der Waals surface area contributed by atoms with E-state index in [1.165, 1.54) is 35.6 Å². The average molecular weight is 1730 g/mol. The monoisotopic (exact) mass is 1720 g/mol. The number of likely N-dealkylation sites (N-methyl/N-ethyl adjacent to an activating group) is 1. The first kappa shape index (κ1) is 103. The summed E-state index contributed by atoms with van der Waals surface area (Å²) in [5, 5.41) is 72.9.